The highest BCUT2D eigenvalue weighted by molar-refractivity contribution is 5.83. The highest BCUT2D eigenvalue weighted by Gasteiger charge is 2.22. The van der Waals surface area contributed by atoms with Crippen molar-refractivity contribution in [3.63, 3.8) is 0 Å². The van der Waals surface area contributed by atoms with E-state index >= 15 is 0 Å². The average molecular weight is 182 g/mol. The maximum Gasteiger partial charge on any atom is 0.372 e. The van der Waals surface area contributed by atoms with E-state index in [1.165, 1.54) is 6.20 Å². The number of carboxylic acids is 1. The number of carbonyl (C=O) groups is 1. The maximum atomic E-state index is 10.7. The number of rotatable bonds is 2. The van der Waals surface area contributed by atoms with Gasteiger partial charge in [-0.1, -0.05) is 0 Å². The minimum atomic E-state index is -0.989. The fourth-order valence-electron chi connectivity index (χ4n) is 1.51. The molecule has 13 heavy (non-hydrogen) atoms. The summed E-state index contributed by atoms with van der Waals surface area (Å²) >= 11 is 0. The molecule has 0 bridgehead atoms. The van der Waals surface area contributed by atoms with Crippen LogP contribution in [0.15, 0.2) is 12.4 Å². The van der Waals surface area contributed by atoms with Crippen molar-refractivity contribution in [2.75, 3.05) is 13.2 Å². The quantitative estimate of drug-likeness (QED) is 0.725. The monoisotopic (exact) mass is 182 g/mol. The molecule has 2 heterocycles. The molecular formula is C8H10N2O3. The van der Waals surface area contributed by atoms with Crippen LogP contribution in [-0.2, 0) is 4.74 Å². The zero-order chi connectivity index (χ0) is 9.26. The first-order chi connectivity index (χ1) is 6.29. The molecule has 0 spiro atoms. The molecule has 0 aromatic carbocycles. The Labute approximate surface area is 75.0 Å². The van der Waals surface area contributed by atoms with Crippen LogP contribution >= 0.6 is 0 Å². The maximum absolute atomic E-state index is 10.7. The van der Waals surface area contributed by atoms with Crippen LogP contribution < -0.4 is 0 Å². The Morgan fingerprint density at radius 1 is 1.77 bits per heavy atom. The van der Waals surface area contributed by atoms with E-state index in [4.69, 9.17) is 9.84 Å². The van der Waals surface area contributed by atoms with E-state index in [0.717, 1.165) is 6.42 Å². The summed E-state index contributed by atoms with van der Waals surface area (Å²) in [6.45, 7) is 1.28. The van der Waals surface area contributed by atoms with Crippen LogP contribution in [0.1, 0.15) is 23.1 Å². The first-order valence-electron chi connectivity index (χ1n) is 4.13. The van der Waals surface area contributed by atoms with Gasteiger partial charge in [0.25, 0.3) is 0 Å². The Hall–Kier alpha value is -1.36. The summed E-state index contributed by atoms with van der Waals surface area (Å²) in [6, 6.07) is 0.133. The second-order valence-corrected chi connectivity index (χ2v) is 2.98. The van der Waals surface area contributed by atoms with Crippen LogP contribution in [0.4, 0.5) is 0 Å². The Balaban J connectivity index is 2.28. The van der Waals surface area contributed by atoms with E-state index in [9.17, 15) is 4.79 Å². The first-order valence-corrected chi connectivity index (χ1v) is 4.13. The molecule has 1 fully saturated rings. The molecule has 5 heteroatoms. The smallest absolute Gasteiger partial charge is 0.372 e. The molecule has 1 aliphatic heterocycles. The minimum Gasteiger partial charge on any atom is -0.475 e. The van der Waals surface area contributed by atoms with Crippen molar-refractivity contribution in [1.82, 2.24) is 9.55 Å². The summed E-state index contributed by atoms with van der Waals surface area (Å²) < 4.78 is 6.84. The molecule has 70 valence electrons. The molecule has 0 amide bonds. The highest BCUT2D eigenvalue weighted by atomic mass is 16.5. The lowest BCUT2D eigenvalue weighted by Crippen LogP contribution is -2.15. The Morgan fingerprint density at radius 2 is 2.62 bits per heavy atom. The molecule has 0 saturated carbocycles. The van der Waals surface area contributed by atoms with Gasteiger partial charge in [-0.05, 0) is 6.42 Å². The lowest BCUT2D eigenvalue weighted by molar-refractivity contribution is 0.0674. The molecule has 0 aliphatic carbocycles. The third kappa shape index (κ3) is 1.42. The summed E-state index contributed by atoms with van der Waals surface area (Å²) in [7, 11) is 0. The number of imidazole rings is 1. The molecule has 2 rings (SSSR count). The van der Waals surface area contributed by atoms with E-state index in [1.807, 2.05) is 0 Å². The Bertz CT molecular complexity index is 315. The van der Waals surface area contributed by atoms with Crippen molar-refractivity contribution >= 4 is 5.97 Å². The molecule has 0 radical (unpaired) electrons. The lowest BCUT2D eigenvalue weighted by atomic mass is 10.2. The average Bonchev–Trinajstić information content (AvgIpc) is 2.74. The number of hydrogen-bond acceptors (Lipinski definition) is 3. The third-order valence-electron chi connectivity index (χ3n) is 2.16. The molecule has 1 N–H and O–H groups in total. The minimum absolute atomic E-state index is 0.0931. The third-order valence-corrected chi connectivity index (χ3v) is 2.16. The largest absolute Gasteiger partial charge is 0.475 e. The van der Waals surface area contributed by atoms with Crippen molar-refractivity contribution in [2.45, 2.75) is 12.5 Å². The van der Waals surface area contributed by atoms with Crippen LogP contribution in [0, 0.1) is 0 Å². The van der Waals surface area contributed by atoms with Gasteiger partial charge in [0.05, 0.1) is 12.6 Å². The molecule has 1 aromatic heterocycles. The molecule has 1 saturated heterocycles. The van der Waals surface area contributed by atoms with Crippen molar-refractivity contribution in [2.24, 2.45) is 0 Å². The SMILES string of the molecule is O=C(O)c1nccn1C1CCOC1. The topological polar surface area (TPSA) is 64.3 Å². The van der Waals surface area contributed by atoms with Gasteiger partial charge < -0.3 is 14.4 Å². The van der Waals surface area contributed by atoms with Crippen molar-refractivity contribution in [3.05, 3.63) is 18.2 Å². The summed E-state index contributed by atoms with van der Waals surface area (Å²) in [5.74, 6) is -0.896. The molecule has 1 aliphatic rings. The number of aromatic carboxylic acids is 1. The highest BCUT2D eigenvalue weighted by Crippen LogP contribution is 2.19. The number of nitrogens with zero attached hydrogens (tertiary/aromatic N) is 2. The van der Waals surface area contributed by atoms with E-state index in [0.29, 0.717) is 13.2 Å². The fraction of sp³-hybridized carbons (Fsp3) is 0.500. The van der Waals surface area contributed by atoms with Gasteiger partial charge in [0, 0.05) is 19.0 Å². The predicted octanol–water partition coefficient (Wildman–Crippen LogP) is 0.543. The zero-order valence-electron chi connectivity index (χ0n) is 7.01. The van der Waals surface area contributed by atoms with Crippen LogP contribution in [0.3, 0.4) is 0 Å². The molecule has 1 unspecified atom stereocenters. The Morgan fingerprint density at radius 3 is 3.23 bits per heavy atom. The number of aromatic nitrogens is 2. The van der Waals surface area contributed by atoms with Gasteiger partial charge in [0.1, 0.15) is 0 Å². The molecule has 5 nitrogen and oxygen atoms in total. The van der Waals surface area contributed by atoms with E-state index in [-0.39, 0.29) is 11.9 Å². The van der Waals surface area contributed by atoms with E-state index in [2.05, 4.69) is 4.98 Å². The number of hydrogen-bond donors (Lipinski definition) is 1. The number of carboxylic acid groups (broad SMARTS) is 1. The van der Waals surface area contributed by atoms with Crippen molar-refractivity contribution < 1.29 is 14.6 Å². The molecular weight excluding hydrogens is 172 g/mol. The van der Waals surface area contributed by atoms with Gasteiger partial charge in [0.2, 0.25) is 5.82 Å². The normalized spacial score (nSPS) is 22.0. The predicted molar refractivity (Wildman–Crippen MR) is 43.7 cm³/mol. The van der Waals surface area contributed by atoms with Gasteiger partial charge in [-0.25, -0.2) is 9.78 Å². The van der Waals surface area contributed by atoms with Crippen molar-refractivity contribution in [1.29, 1.82) is 0 Å². The Kier molecular flexibility index (Phi) is 2.02. The van der Waals surface area contributed by atoms with Crippen LogP contribution in [0.25, 0.3) is 0 Å². The molecule has 1 atom stereocenters. The summed E-state index contributed by atoms with van der Waals surface area (Å²) in [4.78, 5) is 14.5. The van der Waals surface area contributed by atoms with Gasteiger partial charge in [0.15, 0.2) is 0 Å². The van der Waals surface area contributed by atoms with Crippen LogP contribution in [-0.4, -0.2) is 33.8 Å². The standard InChI is InChI=1S/C8H10N2O3/c11-8(12)7-9-2-3-10(7)6-1-4-13-5-6/h2-3,6H,1,4-5H2,(H,11,12). The van der Waals surface area contributed by atoms with Crippen LogP contribution in [0.2, 0.25) is 0 Å². The van der Waals surface area contributed by atoms with Crippen molar-refractivity contribution in [3.8, 4) is 0 Å². The zero-order valence-corrected chi connectivity index (χ0v) is 7.01. The summed E-state index contributed by atoms with van der Waals surface area (Å²) in [5, 5.41) is 8.79. The van der Waals surface area contributed by atoms with E-state index in [1.54, 1.807) is 10.8 Å². The number of ether oxygens (including phenoxy) is 1. The van der Waals surface area contributed by atoms with Gasteiger partial charge >= 0.3 is 5.97 Å². The van der Waals surface area contributed by atoms with E-state index < -0.39 is 5.97 Å². The van der Waals surface area contributed by atoms with Crippen LogP contribution in [0.5, 0.6) is 0 Å². The lowest BCUT2D eigenvalue weighted by Gasteiger charge is -2.10. The first kappa shape index (κ1) is 8.25. The molecule has 1 aromatic rings. The van der Waals surface area contributed by atoms with Gasteiger partial charge in [-0.3, -0.25) is 0 Å². The van der Waals surface area contributed by atoms with Gasteiger partial charge in [-0.15, -0.1) is 0 Å². The summed E-state index contributed by atoms with van der Waals surface area (Å²) in [6.07, 6.45) is 4.04. The second-order valence-electron chi connectivity index (χ2n) is 2.98. The second kappa shape index (κ2) is 3.18. The fourth-order valence-corrected chi connectivity index (χ4v) is 1.51. The summed E-state index contributed by atoms with van der Waals surface area (Å²) in [5.41, 5.74) is 0. The van der Waals surface area contributed by atoms with Gasteiger partial charge in [-0.2, -0.15) is 0 Å².